The number of hydrogen-bond acceptors (Lipinski definition) is 13. The number of nitro benzene ring substituents is 2. The SMILES string of the molecule is C=C1C[C@@H](C2OCCO2)N(C(=O)c2cc(C)c(OCCCCCOc3cc([N+](=O)[O-])c(C(=O)N4CC(=C)C[C@H]4C4OCCO4)cc3OC)cc2[N+](=O)[O-])C1. The second-order valence-electron chi connectivity index (χ2n) is 13.6. The molecule has 6 rings (SSSR count). The van der Waals surface area contributed by atoms with Crippen LogP contribution in [0.3, 0.4) is 0 Å². The fourth-order valence-electron chi connectivity index (χ4n) is 7.14. The number of carbonyl (C=O) groups is 2. The van der Waals surface area contributed by atoms with Gasteiger partial charge in [0.2, 0.25) is 0 Å². The Balaban J connectivity index is 1.03. The summed E-state index contributed by atoms with van der Waals surface area (Å²) < 4.78 is 39.7. The number of amides is 2. The number of carbonyl (C=O) groups excluding carboxylic acids is 2. The number of benzene rings is 2. The van der Waals surface area contributed by atoms with Crippen LogP contribution in [0.25, 0.3) is 0 Å². The van der Waals surface area contributed by atoms with Crippen molar-refractivity contribution in [2.75, 3.05) is 59.8 Å². The standard InChI is InChI=1S/C37H44N4O13/c1-22-14-29(36-51-10-11-52-36)38(20-22)34(42)25-16-24(3)31(18-27(25)40(44)45)49-8-6-5-7-9-50-33-19-28(41(46)47)26(17-32(33)48-4)35(43)39-21-23(2)15-30(39)37-53-12-13-54-37/h16-19,29-30,36-37H,1-2,5-15,20-21H2,3-4H3/t29-,30-/m0/s1. The molecule has 2 aromatic carbocycles. The molecule has 2 atom stereocenters. The number of nitrogens with zero attached hydrogens (tertiary/aromatic N) is 4. The van der Waals surface area contributed by atoms with Gasteiger partial charge in [0.1, 0.15) is 16.9 Å². The van der Waals surface area contributed by atoms with Crippen molar-refractivity contribution in [2.24, 2.45) is 0 Å². The summed E-state index contributed by atoms with van der Waals surface area (Å²) in [5.74, 6) is -0.490. The van der Waals surface area contributed by atoms with E-state index in [0.29, 0.717) is 69.8 Å². The zero-order chi connectivity index (χ0) is 38.5. The van der Waals surface area contributed by atoms with Gasteiger partial charge in [-0.25, -0.2) is 0 Å². The van der Waals surface area contributed by atoms with Crippen molar-refractivity contribution in [3.05, 3.63) is 85.5 Å². The summed E-state index contributed by atoms with van der Waals surface area (Å²) in [6.07, 6.45) is 1.45. The zero-order valence-corrected chi connectivity index (χ0v) is 30.3. The Bertz CT molecular complexity index is 1800. The number of rotatable bonds is 15. The van der Waals surface area contributed by atoms with Gasteiger partial charge in [0.15, 0.2) is 24.1 Å². The van der Waals surface area contributed by atoms with E-state index in [1.54, 1.807) is 6.92 Å². The van der Waals surface area contributed by atoms with Crippen LogP contribution >= 0.6 is 0 Å². The van der Waals surface area contributed by atoms with E-state index in [1.165, 1.54) is 41.2 Å². The number of methoxy groups -OCH3 is 1. The molecule has 0 radical (unpaired) electrons. The predicted molar refractivity (Wildman–Crippen MR) is 191 cm³/mol. The van der Waals surface area contributed by atoms with Gasteiger partial charge in [0.05, 0.1) is 80.8 Å². The summed E-state index contributed by atoms with van der Waals surface area (Å²) in [6.45, 7) is 12.2. The van der Waals surface area contributed by atoms with Gasteiger partial charge in [-0.15, -0.1) is 0 Å². The minimum Gasteiger partial charge on any atom is -0.493 e. The van der Waals surface area contributed by atoms with Gasteiger partial charge < -0.3 is 43.0 Å². The molecule has 0 aromatic heterocycles. The highest BCUT2D eigenvalue weighted by atomic mass is 16.7. The van der Waals surface area contributed by atoms with Crippen LogP contribution in [0.4, 0.5) is 11.4 Å². The molecule has 290 valence electrons. The first-order valence-electron chi connectivity index (χ1n) is 17.8. The van der Waals surface area contributed by atoms with Gasteiger partial charge in [0, 0.05) is 19.2 Å². The Hall–Kier alpha value is -5.10. The molecule has 0 N–H and O–H groups in total. The average molecular weight is 753 g/mol. The van der Waals surface area contributed by atoms with Gasteiger partial charge in [-0.2, -0.15) is 0 Å². The van der Waals surface area contributed by atoms with Crippen molar-refractivity contribution in [1.29, 1.82) is 0 Å². The molecule has 2 aromatic rings. The molecule has 4 aliphatic rings. The summed E-state index contributed by atoms with van der Waals surface area (Å²) in [4.78, 5) is 53.3. The monoisotopic (exact) mass is 752 g/mol. The van der Waals surface area contributed by atoms with Crippen molar-refractivity contribution >= 4 is 23.2 Å². The van der Waals surface area contributed by atoms with E-state index < -0.39 is 52.0 Å². The Morgan fingerprint density at radius 3 is 1.63 bits per heavy atom. The fraction of sp³-hybridized carbons (Fsp3) is 0.514. The molecule has 4 saturated heterocycles. The minimum absolute atomic E-state index is 0.0489. The van der Waals surface area contributed by atoms with Gasteiger partial charge in [-0.3, -0.25) is 29.8 Å². The van der Waals surface area contributed by atoms with Crippen molar-refractivity contribution in [3.63, 3.8) is 0 Å². The first-order chi connectivity index (χ1) is 26.0. The smallest absolute Gasteiger partial charge is 0.286 e. The topological polar surface area (TPSA) is 192 Å². The highest BCUT2D eigenvalue weighted by Gasteiger charge is 2.43. The predicted octanol–water partition coefficient (Wildman–Crippen LogP) is 4.74. The van der Waals surface area contributed by atoms with Crippen LogP contribution in [0.1, 0.15) is 58.4 Å². The molecule has 0 aliphatic carbocycles. The van der Waals surface area contributed by atoms with Crippen LogP contribution in [-0.4, -0.2) is 116 Å². The molecule has 0 bridgehead atoms. The fourth-order valence-corrected chi connectivity index (χ4v) is 7.14. The first kappa shape index (κ1) is 38.6. The molecule has 0 spiro atoms. The lowest BCUT2D eigenvalue weighted by Crippen LogP contribution is -2.43. The van der Waals surface area contributed by atoms with E-state index in [4.69, 9.17) is 33.2 Å². The van der Waals surface area contributed by atoms with E-state index >= 15 is 0 Å². The zero-order valence-electron chi connectivity index (χ0n) is 30.3. The van der Waals surface area contributed by atoms with E-state index in [-0.39, 0.29) is 54.6 Å². The van der Waals surface area contributed by atoms with E-state index in [0.717, 1.165) is 11.1 Å². The van der Waals surface area contributed by atoms with Gasteiger partial charge in [-0.1, -0.05) is 24.3 Å². The van der Waals surface area contributed by atoms with Crippen LogP contribution in [0.5, 0.6) is 17.2 Å². The van der Waals surface area contributed by atoms with Gasteiger partial charge in [0.25, 0.3) is 23.2 Å². The first-order valence-corrected chi connectivity index (χ1v) is 17.8. The molecule has 17 nitrogen and oxygen atoms in total. The number of unbranched alkanes of at least 4 members (excludes halogenated alkanes) is 2. The summed E-state index contributed by atoms with van der Waals surface area (Å²) in [7, 11) is 1.38. The maximum atomic E-state index is 13.7. The summed E-state index contributed by atoms with van der Waals surface area (Å²) in [5, 5.41) is 24.2. The van der Waals surface area contributed by atoms with E-state index in [9.17, 15) is 29.8 Å². The molecular weight excluding hydrogens is 708 g/mol. The van der Waals surface area contributed by atoms with Crippen LogP contribution in [0, 0.1) is 27.2 Å². The van der Waals surface area contributed by atoms with Crippen LogP contribution in [0.2, 0.25) is 0 Å². The number of likely N-dealkylation sites (tertiary alicyclic amines) is 2. The lowest BCUT2D eigenvalue weighted by Gasteiger charge is -2.27. The summed E-state index contributed by atoms with van der Waals surface area (Å²) in [6, 6.07) is 4.38. The second-order valence-corrected chi connectivity index (χ2v) is 13.6. The molecule has 54 heavy (non-hydrogen) atoms. The summed E-state index contributed by atoms with van der Waals surface area (Å²) >= 11 is 0. The van der Waals surface area contributed by atoms with Crippen molar-refractivity contribution in [2.45, 2.75) is 63.7 Å². The Morgan fingerprint density at radius 1 is 0.722 bits per heavy atom. The Morgan fingerprint density at radius 2 is 1.17 bits per heavy atom. The number of ether oxygens (including phenoxy) is 7. The third-order valence-corrected chi connectivity index (χ3v) is 9.76. The molecule has 4 fully saturated rings. The van der Waals surface area contributed by atoms with Gasteiger partial charge >= 0.3 is 0 Å². The van der Waals surface area contributed by atoms with Crippen LogP contribution in [-0.2, 0) is 18.9 Å². The van der Waals surface area contributed by atoms with Crippen LogP contribution < -0.4 is 14.2 Å². The lowest BCUT2D eigenvalue weighted by atomic mass is 10.1. The molecular formula is C37H44N4O13. The number of hydrogen-bond donors (Lipinski definition) is 0. The van der Waals surface area contributed by atoms with Crippen molar-refractivity contribution in [1.82, 2.24) is 9.80 Å². The molecule has 4 aliphatic heterocycles. The van der Waals surface area contributed by atoms with Crippen molar-refractivity contribution in [3.8, 4) is 17.2 Å². The Labute approximate surface area is 311 Å². The third-order valence-electron chi connectivity index (χ3n) is 9.76. The number of aryl methyl sites for hydroxylation is 1. The normalized spacial score (nSPS) is 20.6. The quantitative estimate of drug-likeness (QED) is 0.105. The largest absolute Gasteiger partial charge is 0.493 e. The lowest BCUT2D eigenvalue weighted by molar-refractivity contribution is -0.385. The number of nitro groups is 2. The molecule has 2 amide bonds. The summed E-state index contributed by atoms with van der Waals surface area (Å²) in [5.41, 5.74) is 1.19. The third kappa shape index (κ3) is 8.33. The van der Waals surface area contributed by atoms with E-state index in [2.05, 4.69) is 13.2 Å². The van der Waals surface area contributed by atoms with Crippen LogP contribution in [0.15, 0.2) is 48.6 Å². The highest BCUT2D eigenvalue weighted by Crippen LogP contribution is 2.38. The molecule has 17 heteroatoms. The second kappa shape index (κ2) is 16.9. The molecule has 0 unspecified atom stereocenters. The molecule has 0 saturated carbocycles. The maximum Gasteiger partial charge on any atom is 0.286 e. The molecule has 4 heterocycles. The minimum atomic E-state index is -0.635. The van der Waals surface area contributed by atoms with Crippen molar-refractivity contribution < 1.29 is 52.6 Å². The van der Waals surface area contributed by atoms with Gasteiger partial charge in [-0.05, 0) is 50.7 Å². The van der Waals surface area contributed by atoms with E-state index in [1.807, 2.05) is 0 Å². The maximum absolute atomic E-state index is 13.7. The highest BCUT2D eigenvalue weighted by molar-refractivity contribution is 6.00. The Kier molecular flexibility index (Phi) is 12.1. The average Bonchev–Trinajstić information content (AvgIpc) is 3.98.